The first kappa shape index (κ1) is 31.2. The van der Waals surface area contributed by atoms with Crippen molar-refractivity contribution in [3.05, 3.63) is 24.3 Å². The van der Waals surface area contributed by atoms with Gasteiger partial charge in [0.05, 0.1) is 40.8 Å². The number of halogens is 3. The van der Waals surface area contributed by atoms with Gasteiger partial charge in [-0.2, -0.15) is 0 Å². The summed E-state index contributed by atoms with van der Waals surface area (Å²) in [5, 5.41) is 8.98. The van der Waals surface area contributed by atoms with E-state index in [0.29, 0.717) is 23.3 Å². The number of benzene rings is 1. The molecule has 13 heteroatoms. The van der Waals surface area contributed by atoms with E-state index in [1.165, 1.54) is 24.3 Å². The Morgan fingerprint density at radius 2 is 1.49 bits per heavy atom. The van der Waals surface area contributed by atoms with Crippen molar-refractivity contribution >= 4 is 13.8 Å². The molecular formula is C22H36F3NO8P+. The predicted octanol–water partition coefficient (Wildman–Crippen LogP) is 4.99. The minimum Gasteiger partial charge on any atom is -0.494 e. The topological polar surface area (TPSA) is 112 Å². The summed E-state index contributed by atoms with van der Waals surface area (Å²) in [6.45, 7) is 0.690. The molecule has 0 aliphatic rings. The number of unbranched alkanes of at least 4 members (excludes halogenated alkanes) is 5. The molecule has 35 heavy (non-hydrogen) atoms. The molecule has 1 unspecified atom stereocenters. The van der Waals surface area contributed by atoms with Gasteiger partial charge in [-0.25, -0.2) is 4.57 Å². The number of carboxylic acids is 1. The maximum absolute atomic E-state index is 12.1. The number of hydrogen-bond acceptors (Lipinski definition) is 6. The SMILES string of the molecule is C[N+](C)(C)C[C@@H](CC(=O)O)OP(=O)(O)OCCCCCCCCOc1ccc(OC(F)(F)F)cc1. The molecule has 0 aliphatic heterocycles. The molecule has 0 saturated carbocycles. The lowest BCUT2D eigenvalue weighted by Gasteiger charge is -2.29. The van der Waals surface area contributed by atoms with Crippen LogP contribution in [0, 0.1) is 0 Å². The zero-order valence-corrected chi connectivity index (χ0v) is 21.2. The quantitative estimate of drug-likeness (QED) is 0.155. The van der Waals surface area contributed by atoms with Crippen LogP contribution in [0.4, 0.5) is 13.2 Å². The highest BCUT2D eigenvalue weighted by Crippen LogP contribution is 2.45. The highest BCUT2D eigenvalue weighted by molar-refractivity contribution is 7.47. The molecule has 0 heterocycles. The van der Waals surface area contributed by atoms with Gasteiger partial charge in [0.2, 0.25) is 0 Å². The van der Waals surface area contributed by atoms with Crippen molar-refractivity contribution in [2.24, 2.45) is 0 Å². The van der Waals surface area contributed by atoms with Crippen molar-refractivity contribution in [3.8, 4) is 11.5 Å². The number of hydrogen-bond donors (Lipinski definition) is 2. The van der Waals surface area contributed by atoms with E-state index in [2.05, 4.69) is 4.74 Å². The Balaban J connectivity index is 2.14. The Labute approximate surface area is 203 Å². The third-order valence-electron chi connectivity index (χ3n) is 4.56. The van der Waals surface area contributed by atoms with Crippen molar-refractivity contribution in [3.63, 3.8) is 0 Å². The zero-order valence-electron chi connectivity index (χ0n) is 20.3. The second kappa shape index (κ2) is 14.6. The molecule has 9 nitrogen and oxygen atoms in total. The van der Waals surface area contributed by atoms with Crippen LogP contribution in [-0.4, -0.2) is 73.8 Å². The Hall–Kier alpha value is -1.85. The van der Waals surface area contributed by atoms with Crippen LogP contribution in [0.2, 0.25) is 0 Å². The van der Waals surface area contributed by atoms with Gasteiger partial charge in [0.15, 0.2) is 0 Å². The van der Waals surface area contributed by atoms with E-state index in [1.807, 2.05) is 21.1 Å². The number of ether oxygens (including phenoxy) is 2. The first-order valence-corrected chi connectivity index (χ1v) is 12.8. The largest absolute Gasteiger partial charge is 0.573 e. The van der Waals surface area contributed by atoms with Crippen LogP contribution in [-0.2, 0) is 18.4 Å². The number of aliphatic carboxylic acids is 1. The van der Waals surface area contributed by atoms with Crippen LogP contribution < -0.4 is 9.47 Å². The summed E-state index contributed by atoms with van der Waals surface area (Å²) in [7, 11) is 1.11. The lowest BCUT2D eigenvalue weighted by atomic mass is 10.1. The fraction of sp³-hybridized carbons (Fsp3) is 0.682. The van der Waals surface area contributed by atoms with Gasteiger partial charge in [-0.15, -0.1) is 13.2 Å². The van der Waals surface area contributed by atoms with Crippen LogP contribution in [0.1, 0.15) is 44.9 Å². The number of phosphoric ester groups is 1. The van der Waals surface area contributed by atoms with Crippen LogP contribution >= 0.6 is 7.82 Å². The number of phosphoric acid groups is 1. The molecule has 0 fully saturated rings. The molecule has 0 spiro atoms. The maximum atomic E-state index is 12.1. The highest BCUT2D eigenvalue weighted by Gasteiger charge is 2.32. The molecule has 0 radical (unpaired) electrons. The fourth-order valence-corrected chi connectivity index (χ4v) is 4.12. The van der Waals surface area contributed by atoms with Crippen LogP contribution in [0.5, 0.6) is 11.5 Å². The number of quaternary nitrogens is 1. The lowest BCUT2D eigenvalue weighted by molar-refractivity contribution is -0.873. The molecule has 2 N–H and O–H groups in total. The van der Waals surface area contributed by atoms with E-state index in [9.17, 15) is 27.4 Å². The van der Waals surface area contributed by atoms with Gasteiger partial charge in [0.25, 0.3) is 0 Å². The summed E-state index contributed by atoms with van der Waals surface area (Å²) in [6.07, 6.45) is -1.29. The van der Waals surface area contributed by atoms with Crippen molar-refractivity contribution in [2.75, 3.05) is 40.9 Å². The summed E-state index contributed by atoms with van der Waals surface area (Å²) in [6, 6.07) is 5.21. The van der Waals surface area contributed by atoms with Crippen molar-refractivity contribution in [2.45, 2.75) is 57.4 Å². The number of rotatable bonds is 18. The second-order valence-corrected chi connectivity index (χ2v) is 10.5. The molecule has 0 bridgehead atoms. The Bertz CT molecular complexity index is 799. The Morgan fingerprint density at radius 1 is 0.971 bits per heavy atom. The van der Waals surface area contributed by atoms with Crippen molar-refractivity contribution in [1.82, 2.24) is 0 Å². The Morgan fingerprint density at radius 3 is 2.00 bits per heavy atom. The normalized spacial score (nSPS) is 14.8. The van der Waals surface area contributed by atoms with E-state index in [0.717, 1.165) is 32.1 Å². The third kappa shape index (κ3) is 17.3. The van der Waals surface area contributed by atoms with Gasteiger partial charge in [-0.3, -0.25) is 13.8 Å². The summed E-state index contributed by atoms with van der Waals surface area (Å²) in [4.78, 5) is 20.9. The highest BCUT2D eigenvalue weighted by atomic mass is 31.2. The minimum atomic E-state index is -4.73. The molecule has 0 saturated heterocycles. The number of nitrogens with zero attached hydrogens (tertiary/aromatic N) is 1. The molecule has 1 aromatic rings. The molecule has 202 valence electrons. The lowest BCUT2D eigenvalue weighted by Crippen LogP contribution is -2.42. The minimum absolute atomic E-state index is 0.0229. The summed E-state index contributed by atoms with van der Waals surface area (Å²) in [5.74, 6) is -0.969. The summed E-state index contributed by atoms with van der Waals surface area (Å²) < 4.78 is 68.3. The molecule has 0 aliphatic carbocycles. The van der Waals surface area contributed by atoms with Crippen LogP contribution in [0.3, 0.4) is 0 Å². The second-order valence-electron chi connectivity index (χ2n) is 9.09. The number of likely N-dealkylation sites (N-methyl/N-ethyl adjacent to an activating group) is 1. The van der Waals surface area contributed by atoms with Gasteiger partial charge in [-0.05, 0) is 37.1 Å². The molecule has 1 aromatic carbocycles. The fourth-order valence-electron chi connectivity index (χ4n) is 3.18. The molecule has 2 atom stereocenters. The van der Waals surface area contributed by atoms with E-state index < -0.39 is 32.7 Å². The summed E-state index contributed by atoms with van der Waals surface area (Å²) in [5.41, 5.74) is 0. The molecule has 0 aromatic heterocycles. The number of carbonyl (C=O) groups is 1. The molecular weight excluding hydrogens is 494 g/mol. The zero-order chi connectivity index (χ0) is 26.5. The van der Waals surface area contributed by atoms with E-state index in [1.54, 1.807) is 0 Å². The standard InChI is InChI=1S/C22H35F3NO8P/c1-26(2,3)17-20(16-21(27)28)34-35(29,30)32-15-9-7-5-4-6-8-14-31-18-10-12-19(13-11-18)33-22(23,24)25/h10-13,20H,4-9,14-17H2,1-3H3,(H-,27,28,29,30)/p+1/t20-/m1/s1. The van der Waals surface area contributed by atoms with E-state index in [4.69, 9.17) is 18.9 Å². The first-order valence-electron chi connectivity index (χ1n) is 11.3. The average Bonchev–Trinajstić information content (AvgIpc) is 2.67. The van der Waals surface area contributed by atoms with Gasteiger partial charge in [-0.1, -0.05) is 25.7 Å². The predicted molar refractivity (Wildman–Crippen MR) is 122 cm³/mol. The number of alkyl halides is 3. The average molecular weight is 530 g/mol. The van der Waals surface area contributed by atoms with E-state index in [-0.39, 0.29) is 18.9 Å². The number of carboxylic acid groups (broad SMARTS) is 1. The van der Waals surface area contributed by atoms with Gasteiger partial charge < -0.3 is 24.0 Å². The molecule has 0 amide bonds. The van der Waals surface area contributed by atoms with Gasteiger partial charge in [0, 0.05) is 0 Å². The Kier molecular flexibility index (Phi) is 13.0. The van der Waals surface area contributed by atoms with Crippen molar-refractivity contribution in [1.29, 1.82) is 0 Å². The monoisotopic (exact) mass is 530 g/mol. The molecule has 1 rings (SSSR count). The van der Waals surface area contributed by atoms with Crippen LogP contribution in [0.25, 0.3) is 0 Å². The van der Waals surface area contributed by atoms with Crippen molar-refractivity contribution < 1.29 is 55.5 Å². The smallest absolute Gasteiger partial charge is 0.494 e. The summed E-state index contributed by atoms with van der Waals surface area (Å²) >= 11 is 0. The van der Waals surface area contributed by atoms with Crippen LogP contribution in [0.15, 0.2) is 24.3 Å². The van der Waals surface area contributed by atoms with Gasteiger partial charge in [0.1, 0.15) is 24.1 Å². The third-order valence-corrected chi connectivity index (χ3v) is 5.63. The van der Waals surface area contributed by atoms with E-state index >= 15 is 0 Å². The van der Waals surface area contributed by atoms with Gasteiger partial charge >= 0.3 is 20.2 Å². The maximum Gasteiger partial charge on any atom is 0.573 e. The first-order chi connectivity index (χ1) is 16.2.